The van der Waals surface area contributed by atoms with Crippen molar-refractivity contribution in [1.82, 2.24) is 10.1 Å². The lowest BCUT2D eigenvalue weighted by molar-refractivity contribution is -0.719. The summed E-state index contributed by atoms with van der Waals surface area (Å²) in [6, 6.07) is 30.6. The van der Waals surface area contributed by atoms with Crippen LogP contribution in [0, 0.1) is 0 Å². The first-order valence-electron chi connectivity index (χ1n) is 8.27. The second-order valence-electron chi connectivity index (χ2n) is 5.85. The van der Waals surface area contributed by atoms with Gasteiger partial charge in [-0.15, -0.1) is 0 Å². The van der Waals surface area contributed by atoms with Gasteiger partial charge in [0.1, 0.15) is 5.69 Å². The fraction of sp³-hybridized carbons (Fsp3) is 0.0455. The molecular formula is C22H18IN3. The number of rotatable bonds is 3. The summed E-state index contributed by atoms with van der Waals surface area (Å²) in [6.07, 6.45) is 0. The van der Waals surface area contributed by atoms with Gasteiger partial charge in [-0.1, -0.05) is 83.5 Å². The van der Waals surface area contributed by atoms with Crippen LogP contribution in [0.5, 0.6) is 0 Å². The zero-order valence-electron chi connectivity index (χ0n) is 14.4. The van der Waals surface area contributed by atoms with Crippen molar-refractivity contribution in [2.24, 2.45) is 7.05 Å². The smallest absolute Gasteiger partial charge is 0.265 e. The molecule has 1 heterocycles. The number of aryl methyl sites for hydroxylation is 1. The molecule has 0 radical (unpaired) electrons. The molecule has 0 aliphatic rings. The maximum absolute atomic E-state index is 4.92. The van der Waals surface area contributed by atoms with E-state index in [4.69, 9.17) is 10.1 Å². The van der Waals surface area contributed by atoms with E-state index < -0.39 is 0 Å². The Morgan fingerprint density at radius 2 is 1.08 bits per heavy atom. The molecule has 0 saturated heterocycles. The SMILES string of the molecule is C[n+]1nc(-c2ccccc2)nc(-c2ccccc2)c1-c1ccccc1.[I-]. The van der Waals surface area contributed by atoms with Crippen molar-refractivity contribution in [1.29, 1.82) is 0 Å². The van der Waals surface area contributed by atoms with Crippen molar-refractivity contribution in [2.75, 3.05) is 0 Å². The summed E-state index contributed by atoms with van der Waals surface area (Å²) in [5.41, 5.74) is 5.13. The molecule has 0 aliphatic carbocycles. The minimum atomic E-state index is 0. The molecule has 26 heavy (non-hydrogen) atoms. The van der Waals surface area contributed by atoms with Crippen LogP contribution in [0.25, 0.3) is 33.9 Å². The zero-order chi connectivity index (χ0) is 17.1. The molecule has 0 spiro atoms. The van der Waals surface area contributed by atoms with Crippen LogP contribution in [0.15, 0.2) is 91.0 Å². The molecule has 0 N–H and O–H groups in total. The van der Waals surface area contributed by atoms with E-state index in [-0.39, 0.29) is 24.0 Å². The van der Waals surface area contributed by atoms with Gasteiger partial charge in [0.15, 0.2) is 7.05 Å². The molecule has 0 aliphatic heterocycles. The monoisotopic (exact) mass is 451 g/mol. The van der Waals surface area contributed by atoms with E-state index in [0.29, 0.717) is 0 Å². The second-order valence-corrected chi connectivity index (χ2v) is 5.85. The fourth-order valence-electron chi connectivity index (χ4n) is 2.95. The highest BCUT2D eigenvalue weighted by molar-refractivity contribution is 5.76. The first kappa shape index (κ1) is 18.2. The van der Waals surface area contributed by atoms with E-state index in [0.717, 1.165) is 33.9 Å². The van der Waals surface area contributed by atoms with Crippen LogP contribution in [0.4, 0.5) is 0 Å². The van der Waals surface area contributed by atoms with Crippen LogP contribution in [0.3, 0.4) is 0 Å². The lowest BCUT2D eigenvalue weighted by Crippen LogP contribution is -3.00. The molecule has 128 valence electrons. The molecule has 3 nitrogen and oxygen atoms in total. The largest absolute Gasteiger partial charge is 1.00 e. The zero-order valence-corrected chi connectivity index (χ0v) is 16.5. The van der Waals surface area contributed by atoms with Crippen molar-refractivity contribution >= 4 is 0 Å². The predicted octanol–water partition coefficient (Wildman–Crippen LogP) is 1.31. The molecule has 0 atom stereocenters. The predicted molar refractivity (Wildman–Crippen MR) is 99.5 cm³/mol. The van der Waals surface area contributed by atoms with E-state index in [9.17, 15) is 0 Å². The van der Waals surface area contributed by atoms with Gasteiger partial charge in [0, 0.05) is 16.2 Å². The number of aromatic nitrogens is 3. The van der Waals surface area contributed by atoms with Crippen LogP contribution in [0.2, 0.25) is 0 Å². The third-order valence-electron chi connectivity index (χ3n) is 4.14. The standard InChI is InChI=1S/C22H18N3.HI/c1-25-21(18-13-7-3-8-14-18)20(17-11-5-2-6-12-17)23-22(24-25)19-15-9-4-10-16-19;/h2-16H,1H3;1H/q+1;/p-1. The van der Waals surface area contributed by atoms with Crippen LogP contribution in [0.1, 0.15) is 0 Å². The van der Waals surface area contributed by atoms with Gasteiger partial charge in [0.05, 0.1) is 5.56 Å². The van der Waals surface area contributed by atoms with Gasteiger partial charge in [-0.3, -0.25) is 0 Å². The Morgan fingerprint density at radius 1 is 0.615 bits per heavy atom. The van der Waals surface area contributed by atoms with Crippen LogP contribution in [-0.4, -0.2) is 10.1 Å². The Balaban J connectivity index is 0.00000196. The molecule has 4 aromatic rings. The van der Waals surface area contributed by atoms with Crippen LogP contribution < -0.4 is 28.7 Å². The van der Waals surface area contributed by atoms with Gasteiger partial charge < -0.3 is 24.0 Å². The lowest BCUT2D eigenvalue weighted by Gasteiger charge is -2.08. The van der Waals surface area contributed by atoms with Gasteiger partial charge in [-0.05, 0) is 12.1 Å². The Bertz CT molecular complexity index is 988. The Morgan fingerprint density at radius 3 is 1.62 bits per heavy atom. The van der Waals surface area contributed by atoms with Crippen molar-refractivity contribution in [3.05, 3.63) is 91.0 Å². The summed E-state index contributed by atoms with van der Waals surface area (Å²) in [6.45, 7) is 0. The summed E-state index contributed by atoms with van der Waals surface area (Å²) >= 11 is 0. The van der Waals surface area contributed by atoms with Crippen LogP contribution in [-0.2, 0) is 7.05 Å². The minimum absolute atomic E-state index is 0. The first-order valence-corrected chi connectivity index (χ1v) is 8.27. The Kier molecular flexibility index (Phi) is 5.73. The summed E-state index contributed by atoms with van der Waals surface area (Å²) in [5.74, 6) is 0.724. The number of hydrogen-bond donors (Lipinski definition) is 0. The molecule has 0 bridgehead atoms. The number of halogens is 1. The maximum atomic E-state index is 4.92. The van der Waals surface area contributed by atoms with Gasteiger partial charge in [0.25, 0.3) is 5.69 Å². The average molecular weight is 451 g/mol. The molecule has 0 fully saturated rings. The topological polar surface area (TPSA) is 29.7 Å². The third kappa shape index (κ3) is 3.65. The Hall–Kier alpha value is -2.60. The highest BCUT2D eigenvalue weighted by Crippen LogP contribution is 2.28. The van der Waals surface area contributed by atoms with E-state index in [1.807, 2.05) is 78.5 Å². The molecule has 3 aromatic carbocycles. The summed E-state index contributed by atoms with van der Waals surface area (Å²) in [4.78, 5) is 4.92. The highest BCUT2D eigenvalue weighted by Gasteiger charge is 2.23. The third-order valence-corrected chi connectivity index (χ3v) is 4.14. The second kappa shape index (κ2) is 8.19. The molecule has 4 rings (SSSR count). The van der Waals surface area contributed by atoms with Gasteiger partial charge in [-0.25, -0.2) is 4.98 Å². The van der Waals surface area contributed by atoms with E-state index in [1.165, 1.54) is 0 Å². The van der Waals surface area contributed by atoms with E-state index in [1.54, 1.807) is 0 Å². The highest BCUT2D eigenvalue weighted by atomic mass is 127. The maximum Gasteiger partial charge on any atom is 0.265 e. The molecule has 4 heteroatoms. The van der Waals surface area contributed by atoms with Gasteiger partial charge >= 0.3 is 0 Å². The first-order chi connectivity index (χ1) is 12.3. The minimum Gasteiger partial charge on any atom is -1.00 e. The summed E-state index contributed by atoms with van der Waals surface area (Å²) < 4.78 is 1.92. The van der Waals surface area contributed by atoms with Gasteiger partial charge in [-0.2, -0.15) is 0 Å². The van der Waals surface area contributed by atoms with Crippen molar-refractivity contribution < 1.29 is 28.7 Å². The van der Waals surface area contributed by atoms with Crippen molar-refractivity contribution in [3.63, 3.8) is 0 Å². The fourth-order valence-corrected chi connectivity index (χ4v) is 2.95. The normalized spacial score (nSPS) is 10.2. The molecule has 1 aromatic heterocycles. The molecule has 0 amide bonds. The lowest BCUT2D eigenvalue weighted by atomic mass is 10.0. The number of nitrogens with zero attached hydrogens (tertiary/aromatic N) is 3. The average Bonchev–Trinajstić information content (AvgIpc) is 2.69. The molecule has 0 unspecified atom stereocenters. The number of benzene rings is 3. The van der Waals surface area contributed by atoms with Crippen LogP contribution >= 0.6 is 0 Å². The van der Waals surface area contributed by atoms with Gasteiger partial charge in [0.2, 0.25) is 5.82 Å². The van der Waals surface area contributed by atoms with E-state index >= 15 is 0 Å². The van der Waals surface area contributed by atoms with Crippen molar-refractivity contribution in [2.45, 2.75) is 0 Å². The summed E-state index contributed by atoms with van der Waals surface area (Å²) in [5, 5.41) is 4.71. The summed E-state index contributed by atoms with van der Waals surface area (Å²) in [7, 11) is 1.98. The molecular weight excluding hydrogens is 433 g/mol. The molecule has 0 saturated carbocycles. The quantitative estimate of drug-likeness (QED) is 0.348. The van der Waals surface area contributed by atoms with E-state index in [2.05, 4.69) is 24.3 Å². The van der Waals surface area contributed by atoms with Crippen molar-refractivity contribution in [3.8, 4) is 33.9 Å². The number of hydrogen-bond acceptors (Lipinski definition) is 2. The Labute approximate surface area is 170 Å².